The molecule has 1 aromatic heterocycles. The van der Waals surface area contributed by atoms with Crippen molar-refractivity contribution in [3.8, 4) is 0 Å². The number of esters is 1. The van der Waals surface area contributed by atoms with Crippen LogP contribution in [0, 0.1) is 0 Å². The van der Waals surface area contributed by atoms with E-state index in [1.807, 2.05) is 77.5 Å². The zero-order valence-electron chi connectivity index (χ0n) is 15.4. The summed E-state index contributed by atoms with van der Waals surface area (Å²) in [5.41, 5.74) is 2.84. The van der Waals surface area contributed by atoms with Gasteiger partial charge in [0, 0.05) is 6.08 Å². The number of ether oxygens (including phenoxy) is 1. The number of hydrogen-bond donors (Lipinski definition) is 1. The average Bonchev–Trinajstić information content (AvgIpc) is 3.25. The monoisotopic (exact) mass is 391 g/mol. The number of hydrogen-bond acceptors (Lipinski definition) is 4. The van der Waals surface area contributed by atoms with E-state index in [0.717, 1.165) is 16.7 Å². The van der Waals surface area contributed by atoms with Gasteiger partial charge >= 0.3 is 5.97 Å². The quantitative estimate of drug-likeness (QED) is 0.473. The van der Waals surface area contributed by atoms with Crippen LogP contribution in [0.1, 0.15) is 29.7 Å². The Bertz CT molecular complexity index is 882. The van der Waals surface area contributed by atoms with Crippen molar-refractivity contribution < 1.29 is 14.3 Å². The predicted octanol–water partition coefficient (Wildman–Crippen LogP) is 4.60. The Morgan fingerprint density at radius 3 is 2.11 bits per heavy atom. The zero-order chi connectivity index (χ0) is 19.8. The van der Waals surface area contributed by atoms with Crippen molar-refractivity contribution in [1.82, 2.24) is 5.32 Å². The molecule has 4 nitrogen and oxygen atoms in total. The van der Waals surface area contributed by atoms with Crippen LogP contribution < -0.4 is 5.32 Å². The Labute approximate surface area is 168 Å². The van der Waals surface area contributed by atoms with Gasteiger partial charge in [0.25, 0.3) is 5.91 Å². The minimum atomic E-state index is -0.908. The van der Waals surface area contributed by atoms with Crippen molar-refractivity contribution in [3.63, 3.8) is 0 Å². The third-order valence-corrected chi connectivity index (χ3v) is 4.87. The fraction of sp³-hybridized carbons (Fsp3) is 0.130. The lowest BCUT2D eigenvalue weighted by Crippen LogP contribution is -2.38. The third-order valence-electron chi connectivity index (χ3n) is 4.17. The number of nitrogens with one attached hydrogen (secondary N) is 1. The van der Waals surface area contributed by atoms with Crippen molar-refractivity contribution in [2.75, 3.05) is 0 Å². The minimum absolute atomic E-state index is 0.322. The van der Waals surface area contributed by atoms with E-state index in [2.05, 4.69) is 5.32 Å². The fourth-order valence-corrected chi connectivity index (χ4v) is 3.34. The maximum absolute atomic E-state index is 12.7. The summed E-state index contributed by atoms with van der Waals surface area (Å²) in [5, 5.41) is 6.83. The predicted molar refractivity (Wildman–Crippen MR) is 112 cm³/mol. The van der Waals surface area contributed by atoms with E-state index in [1.54, 1.807) is 24.3 Å². The molecule has 1 heterocycles. The number of amides is 1. The maximum atomic E-state index is 12.7. The molecule has 5 heteroatoms. The Hall–Kier alpha value is -3.18. The highest BCUT2D eigenvalue weighted by Gasteiger charge is 2.22. The normalized spacial score (nSPS) is 12.1. The molecule has 0 bridgehead atoms. The van der Waals surface area contributed by atoms with Crippen molar-refractivity contribution in [2.45, 2.75) is 19.1 Å². The van der Waals surface area contributed by atoms with Crippen LogP contribution in [0.15, 0.2) is 83.6 Å². The van der Waals surface area contributed by atoms with E-state index in [4.69, 9.17) is 4.74 Å². The maximum Gasteiger partial charge on any atom is 0.331 e. The number of rotatable bonds is 7. The van der Waals surface area contributed by atoms with Crippen molar-refractivity contribution in [1.29, 1.82) is 0 Å². The summed E-state index contributed by atoms with van der Waals surface area (Å²) in [7, 11) is 0. The first kappa shape index (κ1) is 19.6. The van der Waals surface area contributed by atoms with Crippen LogP contribution in [0.4, 0.5) is 0 Å². The molecule has 3 rings (SSSR count). The lowest BCUT2D eigenvalue weighted by Gasteiger charge is -2.22. The summed E-state index contributed by atoms with van der Waals surface area (Å²) < 4.78 is 5.25. The van der Waals surface area contributed by atoms with Gasteiger partial charge in [-0.2, -0.15) is 11.3 Å². The second-order valence-corrected chi connectivity index (χ2v) is 7.01. The lowest BCUT2D eigenvalue weighted by molar-refractivity contribution is -0.150. The van der Waals surface area contributed by atoms with Gasteiger partial charge in [-0.25, -0.2) is 4.79 Å². The molecule has 28 heavy (non-hydrogen) atoms. The standard InChI is InChI=1S/C23H21NO3S/c1-17(27-21(25)13-12-18-14-15-28-16-18)23(26)24-22(19-8-4-2-5-9-19)20-10-6-3-7-11-20/h2-17,22H,1H3,(H,24,26)/b13-12+/t17-/m0/s1. The molecule has 0 aliphatic carbocycles. The molecule has 0 saturated heterocycles. The van der Waals surface area contributed by atoms with Crippen LogP contribution in [-0.4, -0.2) is 18.0 Å². The smallest absolute Gasteiger partial charge is 0.331 e. The molecule has 1 N–H and O–H groups in total. The molecular formula is C23H21NO3S. The number of carbonyl (C=O) groups is 2. The number of thiophene rings is 1. The van der Waals surface area contributed by atoms with Gasteiger partial charge in [-0.3, -0.25) is 4.79 Å². The first-order chi connectivity index (χ1) is 13.6. The van der Waals surface area contributed by atoms with Gasteiger partial charge < -0.3 is 10.1 Å². The van der Waals surface area contributed by atoms with Crippen LogP contribution in [0.3, 0.4) is 0 Å². The van der Waals surface area contributed by atoms with E-state index in [0.29, 0.717) is 0 Å². The molecule has 0 aliphatic rings. The molecule has 0 saturated carbocycles. The summed E-state index contributed by atoms with van der Waals surface area (Å²) in [6, 6.07) is 21.0. The van der Waals surface area contributed by atoms with Crippen LogP contribution in [0.5, 0.6) is 0 Å². The molecule has 0 aliphatic heterocycles. The minimum Gasteiger partial charge on any atom is -0.449 e. The Morgan fingerprint density at radius 1 is 0.964 bits per heavy atom. The number of carbonyl (C=O) groups excluding carboxylic acids is 2. The highest BCUT2D eigenvalue weighted by molar-refractivity contribution is 7.08. The van der Waals surface area contributed by atoms with Crippen molar-refractivity contribution in [2.24, 2.45) is 0 Å². The summed E-state index contributed by atoms with van der Waals surface area (Å²) in [5.74, 6) is -0.903. The zero-order valence-corrected chi connectivity index (χ0v) is 16.3. The van der Waals surface area contributed by atoms with Gasteiger partial charge in [-0.15, -0.1) is 0 Å². The molecule has 0 fully saturated rings. The molecule has 3 aromatic rings. The Kier molecular flexibility index (Phi) is 6.76. The van der Waals surface area contributed by atoms with Crippen LogP contribution in [0.2, 0.25) is 0 Å². The summed E-state index contributed by atoms with van der Waals surface area (Å²) in [4.78, 5) is 24.7. The van der Waals surface area contributed by atoms with Crippen molar-refractivity contribution >= 4 is 29.3 Å². The van der Waals surface area contributed by atoms with E-state index in [9.17, 15) is 9.59 Å². The van der Waals surface area contributed by atoms with Gasteiger partial charge in [0.2, 0.25) is 0 Å². The Balaban J connectivity index is 1.67. The molecule has 0 spiro atoms. The van der Waals surface area contributed by atoms with E-state index in [1.165, 1.54) is 6.08 Å². The highest BCUT2D eigenvalue weighted by Crippen LogP contribution is 2.22. The summed E-state index contributed by atoms with van der Waals surface area (Å²) in [6.07, 6.45) is 2.09. The fourth-order valence-electron chi connectivity index (χ4n) is 2.71. The average molecular weight is 391 g/mol. The summed E-state index contributed by atoms with van der Waals surface area (Å²) >= 11 is 1.55. The molecule has 142 valence electrons. The molecule has 0 unspecified atom stereocenters. The second-order valence-electron chi connectivity index (χ2n) is 6.23. The molecule has 0 radical (unpaired) electrons. The second kappa shape index (κ2) is 9.67. The van der Waals surface area contributed by atoms with Gasteiger partial charge in [0.15, 0.2) is 6.10 Å². The van der Waals surface area contributed by atoms with Crippen LogP contribution in [0.25, 0.3) is 6.08 Å². The van der Waals surface area contributed by atoms with E-state index < -0.39 is 12.1 Å². The topological polar surface area (TPSA) is 55.4 Å². The summed E-state index contributed by atoms with van der Waals surface area (Å²) in [6.45, 7) is 1.57. The molecular weight excluding hydrogens is 370 g/mol. The lowest BCUT2D eigenvalue weighted by atomic mass is 9.98. The number of benzene rings is 2. The molecule has 2 aromatic carbocycles. The van der Waals surface area contributed by atoms with Gasteiger partial charge in [0.05, 0.1) is 6.04 Å². The molecule has 1 amide bonds. The van der Waals surface area contributed by atoms with E-state index >= 15 is 0 Å². The van der Waals surface area contributed by atoms with Crippen molar-refractivity contribution in [3.05, 3.63) is 100 Å². The highest BCUT2D eigenvalue weighted by atomic mass is 32.1. The first-order valence-electron chi connectivity index (χ1n) is 8.94. The third kappa shape index (κ3) is 5.41. The van der Waals surface area contributed by atoms with Gasteiger partial charge in [0.1, 0.15) is 0 Å². The Morgan fingerprint density at radius 2 is 1.57 bits per heavy atom. The first-order valence-corrected chi connectivity index (χ1v) is 9.89. The van der Waals surface area contributed by atoms with Crippen LogP contribution in [-0.2, 0) is 14.3 Å². The van der Waals surface area contributed by atoms with Crippen LogP contribution >= 0.6 is 11.3 Å². The van der Waals surface area contributed by atoms with Gasteiger partial charge in [-0.05, 0) is 46.5 Å². The van der Waals surface area contributed by atoms with E-state index in [-0.39, 0.29) is 11.9 Å². The molecule has 1 atom stereocenters. The largest absolute Gasteiger partial charge is 0.449 e. The van der Waals surface area contributed by atoms with Gasteiger partial charge in [-0.1, -0.05) is 60.7 Å². The SMILES string of the molecule is C[C@H](OC(=O)/C=C/c1ccsc1)C(=O)NC(c1ccccc1)c1ccccc1.